The van der Waals surface area contributed by atoms with Gasteiger partial charge in [0.15, 0.2) is 0 Å². The number of nitrogens with zero attached hydrogens (tertiary/aromatic N) is 1. The first-order valence-electron chi connectivity index (χ1n) is 5.57. The Morgan fingerprint density at radius 3 is 2.42 bits per heavy atom. The molecule has 0 aliphatic carbocycles. The van der Waals surface area contributed by atoms with Crippen LogP contribution in [0, 0.1) is 0 Å². The number of aliphatic hydroxyl groups is 1. The highest BCUT2D eigenvalue weighted by molar-refractivity contribution is 7.89. The molecule has 1 atom stereocenters. The molecule has 0 amide bonds. The van der Waals surface area contributed by atoms with E-state index in [1.54, 1.807) is 0 Å². The highest BCUT2D eigenvalue weighted by Crippen LogP contribution is 2.35. The second kappa shape index (κ2) is 4.77. The molecule has 0 spiro atoms. The highest BCUT2D eigenvalue weighted by atomic mass is 32.2. The van der Waals surface area contributed by atoms with Crippen molar-refractivity contribution in [3.05, 3.63) is 29.8 Å². The van der Waals surface area contributed by atoms with Gasteiger partial charge in [0.25, 0.3) is 0 Å². The third kappa shape index (κ3) is 2.75. The molecule has 0 aromatic heterocycles. The fourth-order valence-corrected chi connectivity index (χ4v) is 3.70. The standard InChI is InChI=1S/C11H12F3NO3S/c12-11(13,14)9-3-1-2-4-10(9)19(17,18)15-6-5-8(16)7-15/h1-4,8,16H,5-7H2/t8-/m0/s1. The van der Waals surface area contributed by atoms with Crippen molar-refractivity contribution >= 4 is 10.0 Å². The number of benzene rings is 1. The van der Waals surface area contributed by atoms with Crippen molar-refractivity contribution in [1.82, 2.24) is 4.31 Å². The van der Waals surface area contributed by atoms with Crippen LogP contribution in [-0.4, -0.2) is 37.0 Å². The van der Waals surface area contributed by atoms with Crippen molar-refractivity contribution in [3.63, 3.8) is 0 Å². The molecular weight excluding hydrogens is 283 g/mol. The minimum Gasteiger partial charge on any atom is -0.392 e. The summed E-state index contributed by atoms with van der Waals surface area (Å²) in [5, 5.41) is 9.31. The molecule has 1 saturated heterocycles. The molecule has 1 heterocycles. The fraction of sp³-hybridized carbons (Fsp3) is 0.455. The van der Waals surface area contributed by atoms with E-state index in [2.05, 4.69) is 0 Å². The summed E-state index contributed by atoms with van der Waals surface area (Å²) in [5.41, 5.74) is -1.18. The predicted octanol–water partition coefficient (Wildman–Crippen LogP) is 1.46. The number of sulfonamides is 1. The summed E-state index contributed by atoms with van der Waals surface area (Å²) in [6, 6.07) is 4.05. The largest absolute Gasteiger partial charge is 0.417 e. The summed E-state index contributed by atoms with van der Waals surface area (Å²) in [6.45, 7) is -0.149. The lowest BCUT2D eigenvalue weighted by molar-refractivity contribution is -0.139. The van der Waals surface area contributed by atoms with Gasteiger partial charge in [0.2, 0.25) is 10.0 Å². The maximum Gasteiger partial charge on any atom is 0.417 e. The summed E-state index contributed by atoms with van der Waals surface area (Å²) in [5.74, 6) is 0. The van der Waals surface area contributed by atoms with Crippen molar-refractivity contribution < 1.29 is 26.7 Å². The van der Waals surface area contributed by atoms with Crippen LogP contribution in [0.1, 0.15) is 12.0 Å². The highest BCUT2D eigenvalue weighted by Gasteiger charge is 2.40. The number of β-amino-alcohol motifs (C(OH)–C–C–N with tert-alkyl or cyclic N) is 1. The van der Waals surface area contributed by atoms with Crippen LogP contribution >= 0.6 is 0 Å². The first kappa shape index (κ1) is 14.3. The van der Waals surface area contributed by atoms with Gasteiger partial charge in [0.1, 0.15) is 0 Å². The van der Waals surface area contributed by atoms with Crippen LogP contribution in [0.4, 0.5) is 13.2 Å². The average Bonchev–Trinajstić information content (AvgIpc) is 2.75. The van der Waals surface area contributed by atoms with Gasteiger partial charge >= 0.3 is 6.18 Å². The summed E-state index contributed by atoms with van der Waals surface area (Å²) < 4.78 is 63.6. The molecule has 0 unspecified atom stereocenters. The Bertz CT molecular complexity index is 571. The van der Waals surface area contributed by atoms with Gasteiger partial charge in [-0.3, -0.25) is 0 Å². The van der Waals surface area contributed by atoms with Crippen LogP contribution in [0.5, 0.6) is 0 Å². The van der Waals surface area contributed by atoms with E-state index in [9.17, 15) is 26.7 Å². The third-order valence-corrected chi connectivity index (χ3v) is 4.86. The predicted molar refractivity (Wildman–Crippen MR) is 60.8 cm³/mol. The molecular formula is C11H12F3NO3S. The van der Waals surface area contributed by atoms with Crippen molar-refractivity contribution in [2.75, 3.05) is 13.1 Å². The van der Waals surface area contributed by atoms with Crippen molar-refractivity contribution in [3.8, 4) is 0 Å². The van der Waals surface area contributed by atoms with Gasteiger partial charge in [-0.1, -0.05) is 12.1 Å². The minimum absolute atomic E-state index is 0.0235. The molecule has 1 fully saturated rings. The van der Waals surface area contributed by atoms with Crippen LogP contribution in [0.15, 0.2) is 29.2 Å². The quantitative estimate of drug-likeness (QED) is 0.898. The Morgan fingerprint density at radius 1 is 1.26 bits per heavy atom. The number of hydrogen-bond acceptors (Lipinski definition) is 3. The number of alkyl halides is 3. The molecule has 19 heavy (non-hydrogen) atoms. The van der Waals surface area contributed by atoms with Crippen LogP contribution in [0.3, 0.4) is 0 Å². The van der Waals surface area contributed by atoms with Gasteiger partial charge in [-0.25, -0.2) is 8.42 Å². The zero-order valence-electron chi connectivity index (χ0n) is 9.76. The van der Waals surface area contributed by atoms with Gasteiger partial charge in [-0.05, 0) is 18.6 Å². The van der Waals surface area contributed by atoms with E-state index >= 15 is 0 Å². The van der Waals surface area contributed by atoms with Gasteiger partial charge in [-0.2, -0.15) is 17.5 Å². The topological polar surface area (TPSA) is 57.6 Å². The van der Waals surface area contributed by atoms with E-state index in [0.717, 1.165) is 22.5 Å². The second-order valence-corrected chi connectivity index (χ2v) is 6.21. The fourth-order valence-electron chi connectivity index (χ4n) is 1.99. The maximum atomic E-state index is 12.8. The smallest absolute Gasteiger partial charge is 0.392 e. The van der Waals surface area contributed by atoms with Crippen molar-refractivity contribution in [1.29, 1.82) is 0 Å². The number of halogens is 3. The lowest BCUT2D eigenvalue weighted by Crippen LogP contribution is -2.31. The summed E-state index contributed by atoms with van der Waals surface area (Å²) in [4.78, 5) is -0.767. The van der Waals surface area contributed by atoms with Gasteiger partial charge in [-0.15, -0.1) is 0 Å². The Morgan fingerprint density at radius 2 is 1.89 bits per heavy atom. The van der Waals surface area contributed by atoms with Crippen LogP contribution in [-0.2, 0) is 16.2 Å². The SMILES string of the molecule is O=S(=O)(c1ccccc1C(F)(F)F)N1CC[C@H](O)C1. The molecule has 4 nitrogen and oxygen atoms in total. The van der Waals surface area contributed by atoms with E-state index in [0.29, 0.717) is 0 Å². The average molecular weight is 295 g/mol. The number of rotatable bonds is 2. The maximum absolute atomic E-state index is 12.8. The van der Waals surface area contributed by atoms with Crippen LogP contribution in [0.25, 0.3) is 0 Å². The van der Waals surface area contributed by atoms with E-state index < -0.39 is 32.8 Å². The summed E-state index contributed by atoms with van der Waals surface area (Å²) in [7, 11) is -4.23. The normalized spacial score (nSPS) is 21.8. The lowest BCUT2D eigenvalue weighted by Gasteiger charge is -2.19. The van der Waals surface area contributed by atoms with Gasteiger partial charge in [0, 0.05) is 13.1 Å². The Kier molecular flexibility index (Phi) is 3.59. The Labute approximate surface area is 108 Å². The zero-order valence-corrected chi connectivity index (χ0v) is 10.6. The monoisotopic (exact) mass is 295 g/mol. The molecule has 2 rings (SSSR count). The van der Waals surface area contributed by atoms with Crippen LogP contribution < -0.4 is 0 Å². The van der Waals surface area contributed by atoms with Crippen molar-refractivity contribution in [2.45, 2.75) is 23.6 Å². The van der Waals surface area contributed by atoms with Crippen molar-refractivity contribution in [2.24, 2.45) is 0 Å². The molecule has 1 aromatic carbocycles. The van der Waals surface area contributed by atoms with Gasteiger partial charge < -0.3 is 5.11 Å². The van der Waals surface area contributed by atoms with Crippen LogP contribution in [0.2, 0.25) is 0 Å². The molecule has 106 valence electrons. The Balaban J connectivity index is 2.47. The first-order valence-corrected chi connectivity index (χ1v) is 7.01. The minimum atomic E-state index is -4.73. The molecule has 1 aromatic rings. The molecule has 0 saturated carbocycles. The third-order valence-electron chi connectivity index (χ3n) is 2.94. The summed E-state index contributed by atoms with van der Waals surface area (Å²) >= 11 is 0. The first-order chi connectivity index (χ1) is 8.73. The summed E-state index contributed by atoms with van der Waals surface area (Å²) in [6.07, 6.45) is -5.33. The zero-order chi connectivity index (χ0) is 14.3. The molecule has 0 radical (unpaired) electrons. The van der Waals surface area contributed by atoms with Gasteiger partial charge in [0.05, 0.1) is 16.6 Å². The van der Waals surface area contributed by atoms with E-state index in [-0.39, 0.29) is 19.5 Å². The van der Waals surface area contributed by atoms with E-state index in [1.807, 2.05) is 0 Å². The molecule has 8 heteroatoms. The number of aliphatic hydroxyl groups excluding tert-OH is 1. The second-order valence-electron chi connectivity index (χ2n) is 4.30. The van der Waals surface area contributed by atoms with E-state index in [4.69, 9.17) is 0 Å². The molecule has 1 aliphatic heterocycles. The number of hydrogen-bond donors (Lipinski definition) is 1. The Hall–Kier alpha value is -1.12. The molecule has 1 N–H and O–H groups in total. The molecule has 1 aliphatic rings. The van der Waals surface area contributed by atoms with E-state index in [1.165, 1.54) is 6.07 Å². The lowest BCUT2D eigenvalue weighted by atomic mass is 10.2. The molecule has 0 bridgehead atoms.